The number of hydrogen-bond donors (Lipinski definition) is 2. The highest BCUT2D eigenvalue weighted by molar-refractivity contribution is 7.93. The highest BCUT2D eigenvalue weighted by atomic mass is 32.2. The van der Waals surface area contributed by atoms with Gasteiger partial charge in [0.1, 0.15) is 17.2 Å². The zero-order valence-corrected chi connectivity index (χ0v) is 19.1. The molecule has 2 aliphatic rings. The number of aromatic hydroxyl groups is 1. The molecule has 12 heteroatoms. The number of rotatable bonds is 7. The summed E-state index contributed by atoms with van der Waals surface area (Å²) in [4.78, 5) is 17.7. The number of para-hydroxylation sites is 1. The Morgan fingerprint density at radius 3 is 2.85 bits per heavy atom. The highest BCUT2D eigenvalue weighted by Gasteiger charge is 2.36. The summed E-state index contributed by atoms with van der Waals surface area (Å²) >= 11 is 0. The number of phenolic OH excluding ortho intramolecular Hbond substituents is 1. The van der Waals surface area contributed by atoms with E-state index in [1.807, 2.05) is 6.92 Å². The summed E-state index contributed by atoms with van der Waals surface area (Å²) in [6, 6.07) is 4.78. The number of ether oxygens (including phenoxy) is 2. The van der Waals surface area contributed by atoms with E-state index in [2.05, 4.69) is 36.1 Å². The lowest BCUT2D eigenvalue weighted by molar-refractivity contribution is 0.330. The molecule has 5 rings (SSSR count). The van der Waals surface area contributed by atoms with Crippen LogP contribution >= 0.6 is 0 Å². The van der Waals surface area contributed by atoms with Crippen molar-refractivity contribution in [2.75, 3.05) is 18.4 Å². The number of benzene rings is 1. The largest absolute Gasteiger partial charge is 0.506 e. The Labute approximate surface area is 194 Å². The van der Waals surface area contributed by atoms with Crippen LogP contribution in [0.1, 0.15) is 25.6 Å². The summed E-state index contributed by atoms with van der Waals surface area (Å²) in [5, 5.41) is 10.3. The number of aliphatic imine (C=N–C) groups is 1. The first-order valence-electron chi connectivity index (χ1n) is 10.5. The van der Waals surface area contributed by atoms with Crippen LogP contribution in [-0.4, -0.2) is 57.9 Å². The van der Waals surface area contributed by atoms with Gasteiger partial charge in [-0.25, -0.2) is 28.4 Å². The molecule has 0 spiro atoms. The SMILES string of the molecule is CCOC1=NC(c2nc3ncc(NS(=O)(=O)C4CC4)nc3n2-c2c(O)cccc2OC)=C=C=C1. The third-order valence-corrected chi connectivity index (χ3v) is 6.96. The number of phenols is 1. The van der Waals surface area contributed by atoms with Crippen LogP contribution < -0.4 is 9.46 Å². The number of anilines is 1. The summed E-state index contributed by atoms with van der Waals surface area (Å²) in [7, 11) is -2.10. The van der Waals surface area contributed by atoms with E-state index >= 15 is 0 Å². The van der Waals surface area contributed by atoms with Gasteiger partial charge in [-0.3, -0.25) is 9.29 Å². The Hall–Kier alpha value is -4.11. The van der Waals surface area contributed by atoms with Crippen molar-refractivity contribution in [3.8, 4) is 17.2 Å². The van der Waals surface area contributed by atoms with Crippen molar-refractivity contribution in [1.29, 1.82) is 0 Å². The molecule has 0 bridgehead atoms. The standard InChI is InChI=1S/C22H20N6O5S/c1-3-33-18-9-4-6-14(24-18)21-26-20-22(28(21)19-15(29)7-5-8-16(19)32-2)25-17(12-23-20)27-34(30,31)13-10-11-13/h5,7-9,12-13,29H,3,10-11H2,1-2H3,(H,25,27). The smallest absolute Gasteiger partial charge is 0.236 e. The van der Waals surface area contributed by atoms with Gasteiger partial charge in [0.25, 0.3) is 0 Å². The first-order chi connectivity index (χ1) is 16.4. The lowest BCUT2D eigenvalue weighted by Crippen LogP contribution is -2.18. The monoisotopic (exact) mass is 480 g/mol. The van der Waals surface area contributed by atoms with Gasteiger partial charge in [0.15, 0.2) is 28.6 Å². The Bertz CT molecular complexity index is 1540. The normalized spacial score (nSPS) is 15.2. The number of methoxy groups -OCH3 is 1. The fourth-order valence-corrected chi connectivity index (χ4v) is 4.76. The molecule has 2 aromatic heterocycles. The average molecular weight is 481 g/mol. The van der Waals surface area contributed by atoms with E-state index in [0.29, 0.717) is 31.1 Å². The molecule has 0 amide bonds. The molecular formula is C22H20N6O5S. The number of fused-ring (bicyclic) bond motifs is 1. The Kier molecular flexibility index (Phi) is 5.33. The van der Waals surface area contributed by atoms with Gasteiger partial charge in [0, 0.05) is 0 Å². The molecule has 174 valence electrons. The minimum absolute atomic E-state index is 0.0352. The number of nitrogens with zero attached hydrogens (tertiary/aromatic N) is 5. The van der Waals surface area contributed by atoms with Crippen molar-refractivity contribution in [2.45, 2.75) is 25.0 Å². The van der Waals surface area contributed by atoms with Crippen molar-refractivity contribution >= 4 is 38.7 Å². The van der Waals surface area contributed by atoms with Gasteiger partial charge in [-0.15, -0.1) is 0 Å². The molecule has 1 aliphatic heterocycles. The van der Waals surface area contributed by atoms with E-state index in [0.717, 1.165) is 0 Å². The van der Waals surface area contributed by atoms with E-state index in [4.69, 9.17) is 9.47 Å². The summed E-state index contributed by atoms with van der Waals surface area (Å²) in [6.07, 6.45) is 4.06. The maximum atomic E-state index is 12.4. The molecule has 1 saturated carbocycles. The molecule has 1 fully saturated rings. The van der Waals surface area contributed by atoms with Crippen molar-refractivity contribution < 1.29 is 23.0 Å². The summed E-state index contributed by atoms with van der Waals surface area (Å²) < 4.78 is 39.8. The number of hydrogen-bond acceptors (Lipinski definition) is 9. The van der Waals surface area contributed by atoms with E-state index in [1.165, 1.54) is 23.9 Å². The quantitative estimate of drug-likeness (QED) is 0.492. The lowest BCUT2D eigenvalue weighted by atomic mass is 10.2. The van der Waals surface area contributed by atoms with Crippen LogP contribution in [0.15, 0.2) is 46.9 Å². The second-order valence-electron chi connectivity index (χ2n) is 7.49. The predicted molar refractivity (Wildman–Crippen MR) is 125 cm³/mol. The van der Waals surface area contributed by atoms with E-state index in [9.17, 15) is 13.5 Å². The number of imidazole rings is 1. The maximum absolute atomic E-state index is 12.4. The summed E-state index contributed by atoms with van der Waals surface area (Å²) in [5.41, 5.74) is 6.62. The van der Waals surface area contributed by atoms with Crippen LogP contribution in [0.5, 0.6) is 11.5 Å². The number of aromatic nitrogens is 4. The van der Waals surface area contributed by atoms with E-state index < -0.39 is 15.3 Å². The summed E-state index contributed by atoms with van der Waals surface area (Å²) in [6.45, 7) is 2.24. The van der Waals surface area contributed by atoms with Gasteiger partial charge in [-0.2, -0.15) is 0 Å². The molecule has 1 aliphatic carbocycles. The molecule has 34 heavy (non-hydrogen) atoms. The van der Waals surface area contributed by atoms with Gasteiger partial charge in [-0.05, 0) is 37.6 Å². The molecule has 3 heterocycles. The Morgan fingerprint density at radius 1 is 1.29 bits per heavy atom. The Balaban J connectivity index is 1.75. The van der Waals surface area contributed by atoms with Crippen LogP contribution in [0, 0.1) is 0 Å². The third kappa shape index (κ3) is 3.90. The highest BCUT2D eigenvalue weighted by Crippen LogP contribution is 2.37. The minimum Gasteiger partial charge on any atom is -0.506 e. The van der Waals surface area contributed by atoms with Crippen molar-refractivity contribution in [3.63, 3.8) is 0 Å². The second kappa shape index (κ2) is 8.35. The Morgan fingerprint density at radius 2 is 2.12 bits per heavy atom. The van der Waals surface area contributed by atoms with Crippen molar-refractivity contribution in [2.24, 2.45) is 4.99 Å². The molecule has 0 unspecified atom stereocenters. The molecule has 1 aromatic carbocycles. The third-order valence-electron chi connectivity index (χ3n) is 5.11. The van der Waals surface area contributed by atoms with Crippen molar-refractivity contribution in [3.05, 3.63) is 47.8 Å². The van der Waals surface area contributed by atoms with Crippen LogP contribution in [0.4, 0.5) is 5.82 Å². The number of nitrogens with one attached hydrogen (secondary N) is 1. The molecule has 11 nitrogen and oxygen atoms in total. The molecule has 0 atom stereocenters. The molecular weight excluding hydrogens is 460 g/mol. The zero-order chi connectivity index (χ0) is 23.9. The van der Waals surface area contributed by atoms with Gasteiger partial charge in [0.2, 0.25) is 15.9 Å². The van der Waals surface area contributed by atoms with E-state index in [1.54, 1.807) is 18.2 Å². The maximum Gasteiger partial charge on any atom is 0.236 e. The first kappa shape index (κ1) is 21.7. The van der Waals surface area contributed by atoms with Gasteiger partial charge < -0.3 is 14.6 Å². The van der Waals surface area contributed by atoms with Crippen molar-refractivity contribution in [1.82, 2.24) is 19.5 Å². The van der Waals surface area contributed by atoms with Gasteiger partial charge in [0.05, 0.1) is 31.2 Å². The predicted octanol–water partition coefficient (Wildman–Crippen LogP) is 2.53. The lowest BCUT2D eigenvalue weighted by Gasteiger charge is -2.14. The molecule has 0 saturated heterocycles. The van der Waals surface area contributed by atoms with E-state index in [-0.39, 0.29) is 40.1 Å². The minimum atomic E-state index is -3.56. The van der Waals surface area contributed by atoms with Gasteiger partial charge in [-0.1, -0.05) is 11.8 Å². The fourth-order valence-electron chi connectivity index (χ4n) is 3.44. The van der Waals surface area contributed by atoms with Crippen LogP contribution in [0.25, 0.3) is 22.7 Å². The average Bonchev–Trinajstić information content (AvgIpc) is 3.62. The number of sulfonamides is 1. The molecule has 3 aromatic rings. The van der Waals surface area contributed by atoms with Crippen LogP contribution in [0.2, 0.25) is 0 Å². The van der Waals surface area contributed by atoms with Crippen LogP contribution in [-0.2, 0) is 14.8 Å². The topological polar surface area (TPSA) is 141 Å². The van der Waals surface area contributed by atoms with Gasteiger partial charge >= 0.3 is 0 Å². The molecule has 2 N–H and O–H groups in total. The summed E-state index contributed by atoms with van der Waals surface area (Å²) in [5.74, 6) is 0.799. The molecule has 0 radical (unpaired) electrons. The zero-order valence-electron chi connectivity index (χ0n) is 18.3. The van der Waals surface area contributed by atoms with Crippen LogP contribution in [0.3, 0.4) is 0 Å². The second-order valence-corrected chi connectivity index (χ2v) is 9.45. The first-order valence-corrected chi connectivity index (χ1v) is 12.0. The fraction of sp³-hybridized carbons (Fsp3) is 0.273.